The molecule has 8 nitrogen and oxygen atoms in total. The van der Waals surface area contributed by atoms with E-state index in [1.807, 2.05) is 32.0 Å². The molecule has 1 aliphatic rings. The molecule has 3 aromatic rings. The largest absolute Gasteiger partial charge is 0.350 e. The number of benzene rings is 1. The molecule has 1 amide bonds. The van der Waals surface area contributed by atoms with Crippen LogP contribution in [0.2, 0.25) is 0 Å². The molecule has 172 valence electrons. The summed E-state index contributed by atoms with van der Waals surface area (Å²) < 4.78 is 0. The van der Waals surface area contributed by atoms with Gasteiger partial charge in [0.1, 0.15) is 11.4 Å². The summed E-state index contributed by atoms with van der Waals surface area (Å²) in [6, 6.07) is 10.1. The Morgan fingerprint density at radius 3 is 2.61 bits per heavy atom. The summed E-state index contributed by atoms with van der Waals surface area (Å²) >= 11 is 0. The number of hydrogen-bond acceptors (Lipinski definition) is 7. The lowest BCUT2D eigenvalue weighted by Crippen LogP contribution is -2.31. The lowest BCUT2D eigenvalue weighted by atomic mass is 10.0. The van der Waals surface area contributed by atoms with Gasteiger partial charge in [0.2, 0.25) is 5.95 Å². The molecule has 0 spiro atoms. The first-order valence-corrected chi connectivity index (χ1v) is 11.4. The smallest absolute Gasteiger partial charge is 0.256 e. The van der Waals surface area contributed by atoms with Gasteiger partial charge < -0.3 is 21.3 Å². The molecular formula is C25H31N7O. The monoisotopic (exact) mass is 445 g/mol. The number of nitrogens with one attached hydrogen (secondary N) is 4. The quantitative estimate of drug-likeness (QED) is 0.431. The van der Waals surface area contributed by atoms with Crippen molar-refractivity contribution in [1.82, 2.24) is 25.6 Å². The number of hydrogen-bond donors (Lipinski definition) is 4. The molecule has 3 heterocycles. The highest BCUT2D eigenvalue weighted by Crippen LogP contribution is 2.25. The summed E-state index contributed by atoms with van der Waals surface area (Å²) in [4.78, 5) is 26.3. The van der Waals surface area contributed by atoms with Crippen molar-refractivity contribution in [3.8, 4) is 0 Å². The standard InChI is InChI=1S/C25H31N7O/c1-15(2)22-12-20(8-10-27-22)30-23-21(24(33)29-16(3)4)14-28-25(32-23)31-19-6-5-17-7-9-26-13-18(17)11-19/h5-6,8,10-12,14-16,26H,7,9,13H2,1-4H3,(H,29,33)(H2,27,28,30,31,32). The number of anilines is 4. The maximum Gasteiger partial charge on any atom is 0.256 e. The second-order valence-corrected chi connectivity index (χ2v) is 8.87. The summed E-state index contributed by atoms with van der Waals surface area (Å²) in [5, 5.41) is 12.9. The Morgan fingerprint density at radius 2 is 1.82 bits per heavy atom. The van der Waals surface area contributed by atoms with E-state index in [-0.39, 0.29) is 17.9 Å². The van der Waals surface area contributed by atoms with E-state index in [2.05, 4.69) is 62.2 Å². The molecule has 0 saturated carbocycles. The van der Waals surface area contributed by atoms with Gasteiger partial charge in [-0.2, -0.15) is 4.98 Å². The van der Waals surface area contributed by atoms with Crippen molar-refractivity contribution in [2.45, 2.75) is 52.6 Å². The molecule has 0 radical (unpaired) electrons. The number of pyridine rings is 1. The molecule has 4 N–H and O–H groups in total. The number of aromatic nitrogens is 3. The molecule has 0 atom stereocenters. The highest BCUT2D eigenvalue weighted by molar-refractivity contribution is 5.99. The normalized spacial score (nSPS) is 13.0. The van der Waals surface area contributed by atoms with Crippen molar-refractivity contribution < 1.29 is 4.79 Å². The minimum Gasteiger partial charge on any atom is -0.350 e. The van der Waals surface area contributed by atoms with E-state index in [1.54, 1.807) is 12.4 Å². The predicted octanol–water partition coefficient (Wildman–Crippen LogP) is 4.27. The molecule has 0 bridgehead atoms. The van der Waals surface area contributed by atoms with Crippen molar-refractivity contribution in [2.24, 2.45) is 0 Å². The number of fused-ring (bicyclic) bond motifs is 1. The van der Waals surface area contributed by atoms with Crippen LogP contribution in [-0.2, 0) is 13.0 Å². The fourth-order valence-electron chi connectivity index (χ4n) is 3.71. The Hall–Kier alpha value is -3.52. The van der Waals surface area contributed by atoms with Gasteiger partial charge in [0.25, 0.3) is 5.91 Å². The van der Waals surface area contributed by atoms with Gasteiger partial charge in [0, 0.05) is 42.0 Å². The summed E-state index contributed by atoms with van der Waals surface area (Å²) in [7, 11) is 0. The van der Waals surface area contributed by atoms with Crippen molar-refractivity contribution in [3.63, 3.8) is 0 Å². The van der Waals surface area contributed by atoms with E-state index in [9.17, 15) is 4.79 Å². The number of carbonyl (C=O) groups is 1. The second-order valence-electron chi connectivity index (χ2n) is 8.87. The maximum absolute atomic E-state index is 12.8. The van der Waals surface area contributed by atoms with Crippen LogP contribution in [0, 0.1) is 0 Å². The Morgan fingerprint density at radius 1 is 1.00 bits per heavy atom. The molecule has 1 aromatic carbocycles. The first-order chi connectivity index (χ1) is 15.9. The van der Waals surface area contributed by atoms with Crippen LogP contribution in [0.25, 0.3) is 0 Å². The lowest BCUT2D eigenvalue weighted by Gasteiger charge is -2.18. The predicted molar refractivity (Wildman–Crippen MR) is 131 cm³/mol. The molecule has 0 fully saturated rings. The summed E-state index contributed by atoms with van der Waals surface area (Å²) in [5.41, 5.74) is 5.71. The molecule has 0 aliphatic carbocycles. The Kier molecular flexibility index (Phi) is 6.84. The molecular weight excluding hydrogens is 414 g/mol. The summed E-state index contributed by atoms with van der Waals surface area (Å²) in [5.74, 6) is 0.917. The topological polar surface area (TPSA) is 104 Å². The van der Waals surface area contributed by atoms with Crippen LogP contribution in [0.1, 0.15) is 60.8 Å². The highest BCUT2D eigenvalue weighted by Gasteiger charge is 2.17. The fraction of sp³-hybridized carbons (Fsp3) is 0.360. The Labute approximate surface area is 194 Å². The fourth-order valence-corrected chi connectivity index (χ4v) is 3.71. The van der Waals surface area contributed by atoms with E-state index >= 15 is 0 Å². The van der Waals surface area contributed by atoms with Gasteiger partial charge in [-0.05, 0) is 68.1 Å². The number of carbonyl (C=O) groups excluding carboxylic acids is 1. The summed E-state index contributed by atoms with van der Waals surface area (Å²) in [6.07, 6.45) is 4.34. The van der Waals surface area contributed by atoms with Crippen LogP contribution in [0.15, 0.2) is 42.7 Å². The molecule has 4 rings (SSSR count). The van der Waals surface area contributed by atoms with Gasteiger partial charge in [-0.3, -0.25) is 9.78 Å². The van der Waals surface area contributed by atoms with E-state index in [0.717, 1.165) is 36.6 Å². The Balaban J connectivity index is 1.64. The summed E-state index contributed by atoms with van der Waals surface area (Å²) in [6.45, 7) is 9.89. The third-order valence-electron chi connectivity index (χ3n) is 5.44. The third-order valence-corrected chi connectivity index (χ3v) is 5.44. The van der Waals surface area contributed by atoms with Crippen LogP contribution in [0.5, 0.6) is 0 Å². The number of amides is 1. The van der Waals surface area contributed by atoms with E-state index < -0.39 is 0 Å². The van der Waals surface area contributed by atoms with E-state index in [4.69, 9.17) is 0 Å². The van der Waals surface area contributed by atoms with E-state index in [0.29, 0.717) is 17.3 Å². The SMILES string of the molecule is CC(C)NC(=O)c1cnc(Nc2ccc3c(c2)CNCC3)nc1Nc1ccnc(C(C)C)c1. The molecule has 33 heavy (non-hydrogen) atoms. The molecule has 8 heteroatoms. The molecule has 0 saturated heterocycles. The molecule has 2 aromatic heterocycles. The van der Waals surface area contributed by atoms with Crippen LogP contribution in [-0.4, -0.2) is 33.4 Å². The minimum absolute atomic E-state index is 0.000672. The molecule has 0 unspecified atom stereocenters. The average Bonchev–Trinajstić information content (AvgIpc) is 2.79. The van der Waals surface area contributed by atoms with Gasteiger partial charge >= 0.3 is 0 Å². The highest BCUT2D eigenvalue weighted by atomic mass is 16.1. The van der Waals surface area contributed by atoms with Crippen LogP contribution < -0.4 is 21.3 Å². The molecule has 1 aliphatic heterocycles. The van der Waals surface area contributed by atoms with Gasteiger partial charge in [0.05, 0.1) is 0 Å². The zero-order chi connectivity index (χ0) is 23.4. The van der Waals surface area contributed by atoms with Crippen LogP contribution in [0.4, 0.5) is 23.1 Å². The van der Waals surface area contributed by atoms with Crippen molar-refractivity contribution in [1.29, 1.82) is 0 Å². The van der Waals surface area contributed by atoms with Crippen molar-refractivity contribution in [3.05, 3.63) is 65.1 Å². The van der Waals surface area contributed by atoms with Crippen LogP contribution in [0.3, 0.4) is 0 Å². The first kappa shape index (κ1) is 22.7. The average molecular weight is 446 g/mol. The second kappa shape index (κ2) is 9.95. The van der Waals surface area contributed by atoms with Crippen molar-refractivity contribution >= 4 is 29.0 Å². The van der Waals surface area contributed by atoms with E-state index in [1.165, 1.54) is 11.1 Å². The number of nitrogens with zero attached hydrogens (tertiary/aromatic N) is 3. The van der Waals surface area contributed by atoms with Crippen LogP contribution >= 0.6 is 0 Å². The van der Waals surface area contributed by atoms with Gasteiger partial charge in [-0.1, -0.05) is 19.9 Å². The van der Waals surface area contributed by atoms with Gasteiger partial charge in [-0.15, -0.1) is 0 Å². The van der Waals surface area contributed by atoms with Gasteiger partial charge in [0.15, 0.2) is 0 Å². The lowest BCUT2D eigenvalue weighted by molar-refractivity contribution is 0.0943. The number of rotatable bonds is 7. The maximum atomic E-state index is 12.8. The Bertz CT molecular complexity index is 1140. The first-order valence-electron chi connectivity index (χ1n) is 11.4. The minimum atomic E-state index is -0.225. The zero-order valence-electron chi connectivity index (χ0n) is 19.6. The zero-order valence-corrected chi connectivity index (χ0v) is 19.6. The third kappa shape index (κ3) is 5.64. The van der Waals surface area contributed by atoms with Crippen molar-refractivity contribution in [2.75, 3.05) is 17.2 Å². The van der Waals surface area contributed by atoms with Gasteiger partial charge in [-0.25, -0.2) is 4.98 Å².